The van der Waals surface area contributed by atoms with Crippen LogP contribution in [0.1, 0.15) is 43.9 Å². The van der Waals surface area contributed by atoms with Gasteiger partial charge < -0.3 is 10.1 Å². The Morgan fingerprint density at radius 2 is 1.58 bits per heavy atom. The maximum Gasteiger partial charge on any atom is 0.267 e. The molecule has 0 bridgehead atoms. The van der Waals surface area contributed by atoms with Crippen molar-refractivity contribution in [2.75, 3.05) is 10.3 Å². The van der Waals surface area contributed by atoms with Crippen LogP contribution in [0.4, 0.5) is 17.1 Å². The lowest BCUT2D eigenvalue weighted by atomic mass is 10.1. The van der Waals surface area contributed by atoms with Gasteiger partial charge in [-0.1, -0.05) is 103 Å². The maximum atomic E-state index is 14.1. The number of hydrogen-bond donors (Lipinski definition) is 2. The van der Waals surface area contributed by atoms with Gasteiger partial charge in [-0.05, 0) is 80.8 Å². The van der Waals surface area contributed by atoms with Crippen molar-refractivity contribution in [3.8, 4) is 5.75 Å². The van der Waals surface area contributed by atoms with Crippen LogP contribution < -0.4 is 20.5 Å². The first-order chi connectivity index (χ1) is 22.9. The van der Waals surface area contributed by atoms with Gasteiger partial charge in [0.2, 0.25) is 0 Å². The summed E-state index contributed by atoms with van der Waals surface area (Å²) in [4.78, 5) is 33.0. The summed E-state index contributed by atoms with van der Waals surface area (Å²) in [5.41, 5.74) is 7.31. The van der Waals surface area contributed by atoms with Crippen LogP contribution in [0.5, 0.6) is 5.75 Å². The number of rotatable bonds is 9. The molecule has 0 aromatic heterocycles. The highest BCUT2D eigenvalue weighted by molar-refractivity contribution is 8.01. The quantitative estimate of drug-likeness (QED) is 0.178. The zero-order valence-electron chi connectivity index (χ0n) is 27.3. The number of hydrogen-bond acceptors (Lipinski definition) is 5. The van der Waals surface area contributed by atoms with Gasteiger partial charge in [-0.25, -0.2) is 10.0 Å². The summed E-state index contributed by atoms with van der Waals surface area (Å²) in [6.07, 6.45) is -0.287. The van der Waals surface area contributed by atoms with Crippen molar-refractivity contribution in [2.24, 2.45) is 4.99 Å². The lowest BCUT2D eigenvalue weighted by Crippen LogP contribution is -2.36. The molecule has 48 heavy (non-hydrogen) atoms. The number of aliphatic imine (C=N–C) groups is 1. The largest absolute Gasteiger partial charge is 0.480 e. The maximum absolute atomic E-state index is 14.1. The zero-order valence-corrected chi connectivity index (χ0v) is 31.2. The van der Waals surface area contributed by atoms with Gasteiger partial charge in [0, 0.05) is 9.92 Å². The van der Waals surface area contributed by atoms with Crippen molar-refractivity contribution in [2.45, 2.75) is 64.2 Å². The number of amidine groups is 1. The highest BCUT2D eigenvalue weighted by atomic mass is 35.5. The summed E-state index contributed by atoms with van der Waals surface area (Å²) in [5, 5.41) is 4.48. The second-order valence-electron chi connectivity index (χ2n) is 10.7. The summed E-state index contributed by atoms with van der Waals surface area (Å²) in [5.74, 6) is 0.251. The van der Waals surface area contributed by atoms with Gasteiger partial charge >= 0.3 is 0 Å². The molecular formula is C36H36Cl4N4O3S. The van der Waals surface area contributed by atoms with E-state index in [0.29, 0.717) is 44.3 Å². The molecule has 4 aromatic carbocycles. The number of hydrazine groups is 1. The molecule has 2 N–H and O–H groups in total. The first-order valence-electron chi connectivity index (χ1n) is 15.4. The third kappa shape index (κ3) is 8.79. The summed E-state index contributed by atoms with van der Waals surface area (Å²) < 4.78 is 6.12. The van der Waals surface area contributed by atoms with Crippen molar-refractivity contribution < 1.29 is 14.3 Å². The lowest BCUT2D eigenvalue weighted by molar-refractivity contribution is -0.122. The summed E-state index contributed by atoms with van der Waals surface area (Å²) >= 11 is 26.9. The Morgan fingerprint density at radius 1 is 0.938 bits per heavy atom. The van der Waals surface area contributed by atoms with E-state index < -0.39 is 11.4 Å². The predicted octanol–water partition coefficient (Wildman–Crippen LogP) is 10.8. The number of nitrogens with one attached hydrogen (secondary N) is 2. The van der Waals surface area contributed by atoms with Gasteiger partial charge in [-0.15, -0.1) is 11.8 Å². The lowest BCUT2D eigenvalue weighted by Gasteiger charge is -2.20. The molecule has 7 nitrogen and oxygen atoms in total. The molecule has 0 radical (unpaired) electrons. The Hall–Kier alpha value is -3.40. The van der Waals surface area contributed by atoms with E-state index in [1.807, 2.05) is 84.0 Å². The predicted molar refractivity (Wildman–Crippen MR) is 202 cm³/mol. The SMILES string of the molecule is CC.CCC(Oc1ccc(C)cc1C)C(=O)Nc1ccccc1SC1C(=O)N(c2c(Cl)cc(Cl)cc2Cl)NC1=Nc1cc(C)ccc1Cl. The normalized spacial score (nSPS) is 15.5. The molecule has 4 aromatic rings. The standard InChI is InChI=1S/C34H30Cl4N4O3S.C2H6/c1-5-27(45-28-13-11-18(2)14-20(28)4)33(43)40-25-8-6-7-9-29(25)46-31-32(39-26-15-19(3)10-12-22(26)36)41-42(34(31)44)30-23(37)16-21(35)17-24(30)38;1-2/h6-17,27,31H,5H2,1-4H3,(H,39,41)(H,40,43);1-2H3. The van der Waals surface area contributed by atoms with Gasteiger partial charge in [0.25, 0.3) is 11.8 Å². The third-order valence-electron chi connectivity index (χ3n) is 7.12. The average molecular weight is 747 g/mol. The number of halogens is 4. The number of carbonyl (C=O) groups is 2. The fourth-order valence-electron chi connectivity index (χ4n) is 4.82. The number of amides is 2. The van der Waals surface area contributed by atoms with Crippen molar-refractivity contribution in [1.29, 1.82) is 0 Å². The number of carbonyl (C=O) groups excluding carboxylic acids is 2. The Kier molecular flexibility index (Phi) is 13.1. The van der Waals surface area contributed by atoms with Crippen LogP contribution in [0.25, 0.3) is 0 Å². The van der Waals surface area contributed by atoms with Crippen LogP contribution >= 0.6 is 58.2 Å². The number of thioether (sulfide) groups is 1. The number of aryl methyl sites for hydroxylation is 3. The van der Waals surface area contributed by atoms with Crippen molar-refractivity contribution in [1.82, 2.24) is 5.43 Å². The number of benzene rings is 4. The molecule has 0 aliphatic carbocycles. The van der Waals surface area contributed by atoms with Gasteiger partial charge in [-0.3, -0.25) is 15.0 Å². The van der Waals surface area contributed by atoms with Crippen LogP contribution in [0, 0.1) is 20.8 Å². The highest BCUT2D eigenvalue weighted by Gasteiger charge is 2.41. The second kappa shape index (κ2) is 16.8. The topological polar surface area (TPSA) is 83.0 Å². The first kappa shape index (κ1) is 37.4. The molecule has 12 heteroatoms. The molecule has 0 spiro atoms. The van der Waals surface area contributed by atoms with Crippen LogP contribution in [-0.2, 0) is 9.59 Å². The van der Waals surface area contributed by atoms with E-state index >= 15 is 0 Å². The summed E-state index contributed by atoms with van der Waals surface area (Å²) in [7, 11) is 0. The molecule has 1 aliphatic rings. The molecule has 2 amide bonds. The molecule has 5 rings (SSSR count). The number of ether oxygens (including phenoxy) is 1. The van der Waals surface area contributed by atoms with Gasteiger partial charge in [0.1, 0.15) is 22.5 Å². The Bertz CT molecular complexity index is 1830. The van der Waals surface area contributed by atoms with Crippen molar-refractivity contribution in [3.05, 3.63) is 110 Å². The van der Waals surface area contributed by atoms with Crippen LogP contribution in [0.15, 0.2) is 82.7 Å². The monoisotopic (exact) mass is 744 g/mol. The van der Waals surface area contributed by atoms with E-state index in [0.717, 1.165) is 16.7 Å². The van der Waals surface area contributed by atoms with E-state index in [-0.39, 0.29) is 27.5 Å². The molecule has 0 saturated carbocycles. The van der Waals surface area contributed by atoms with Crippen LogP contribution in [0.2, 0.25) is 20.1 Å². The molecule has 1 aliphatic heterocycles. The number of nitrogens with zero attached hydrogens (tertiary/aromatic N) is 2. The van der Waals surface area contributed by atoms with Gasteiger partial charge in [0.15, 0.2) is 6.10 Å². The van der Waals surface area contributed by atoms with Crippen LogP contribution in [0.3, 0.4) is 0 Å². The molecule has 1 saturated heterocycles. The summed E-state index contributed by atoms with van der Waals surface area (Å²) in [6, 6.07) is 21.5. The smallest absolute Gasteiger partial charge is 0.267 e. The first-order valence-corrected chi connectivity index (χ1v) is 17.7. The zero-order chi connectivity index (χ0) is 35.1. The highest BCUT2D eigenvalue weighted by Crippen LogP contribution is 2.41. The minimum Gasteiger partial charge on any atom is -0.480 e. The fourth-order valence-corrected chi connectivity index (χ4v) is 7.05. The average Bonchev–Trinajstić information content (AvgIpc) is 3.33. The molecule has 2 unspecified atom stereocenters. The van der Waals surface area contributed by atoms with Gasteiger partial charge in [-0.2, -0.15) is 0 Å². The number of para-hydroxylation sites is 1. The second-order valence-corrected chi connectivity index (χ2v) is 13.5. The number of anilines is 2. The van der Waals surface area contributed by atoms with Gasteiger partial charge in [0.05, 0.1) is 26.4 Å². The molecule has 252 valence electrons. The Labute approximate surface area is 305 Å². The summed E-state index contributed by atoms with van der Waals surface area (Å²) in [6.45, 7) is 11.8. The Morgan fingerprint density at radius 3 is 2.25 bits per heavy atom. The molecular weight excluding hydrogens is 710 g/mol. The fraction of sp³-hybridized carbons (Fsp3) is 0.250. The van der Waals surface area contributed by atoms with Crippen molar-refractivity contribution in [3.63, 3.8) is 0 Å². The molecule has 2 atom stereocenters. The van der Waals surface area contributed by atoms with E-state index in [1.165, 1.54) is 28.9 Å². The van der Waals surface area contributed by atoms with E-state index in [4.69, 9.17) is 56.1 Å². The molecule has 1 fully saturated rings. The van der Waals surface area contributed by atoms with Crippen LogP contribution in [-0.4, -0.2) is 29.0 Å². The minimum atomic E-state index is -0.883. The molecule has 1 heterocycles. The van der Waals surface area contributed by atoms with E-state index in [2.05, 4.69) is 10.7 Å². The van der Waals surface area contributed by atoms with Crippen molar-refractivity contribution >= 4 is 92.9 Å². The third-order valence-corrected chi connectivity index (χ3v) is 9.50. The minimum absolute atomic E-state index is 0.180. The Balaban J connectivity index is 0.00000255. The van der Waals surface area contributed by atoms with E-state index in [1.54, 1.807) is 18.2 Å². The van der Waals surface area contributed by atoms with E-state index in [9.17, 15) is 9.59 Å².